The number of hydrogen-bond acceptors (Lipinski definition) is 12. The summed E-state index contributed by atoms with van der Waals surface area (Å²) in [7, 11) is 3.29. The van der Waals surface area contributed by atoms with Crippen LogP contribution in [0.3, 0.4) is 0 Å². The summed E-state index contributed by atoms with van der Waals surface area (Å²) in [6, 6.07) is 23.3. The second-order valence-electron chi connectivity index (χ2n) is 16.2. The lowest BCUT2D eigenvalue weighted by Gasteiger charge is -2.44. The number of piperidine rings is 2. The third-order valence-corrected chi connectivity index (χ3v) is 13.8. The number of rotatable bonds is 15. The number of hydrogen-bond donors (Lipinski definition) is 3. The molecule has 0 saturated carbocycles. The standard InChI is InChI=1S/C45H58ClN10O4P/c1-52(20-19-42(58)48-31-57)33-9-11-34(12-10-33)53-21-15-32(16-22-53)44(59)56-27-25-55(26-28-56)35-17-23-54(24-18-35)36-13-14-38(40(29-36)60-2)50-45-47-30-37(46)43(51-45)49-39-7-5-6-8-41(39)61(3)4/h5-14,29-32,35H,15-28H2,1-4H3,(H,48,57,58)(H2,47,49,50,51). The summed E-state index contributed by atoms with van der Waals surface area (Å²) < 4.78 is 5.84. The fourth-order valence-corrected chi connectivity index (χ4v) is 9.74. The van der Waals surface area contributed by atoms with Crippen LogP contribution in [-0.4, -0.2) is 130 Å². The lowest BCUT2D eigenvalue weighted by molar-refractivity contribution is -0.138. The van der Waals surface area contributed by atoms with Gasteiger partial charge in [0.25, 0.3) is 0 Å². The first-order chi connectivity index (χ1) is 29.6. The number of anilines is 7. The number of ether oxygens (including phenoxy) is 1. The third-order valence-electron chi connectivity index (χ3n) is 12.2. The number of nitrogens with one attached hydrogen (secondary N) is 3. The molecule has 4 aromatic rings. The summed E-state index contributed by atoms with van der Waals surface area (Å²) in [5.41, 5.74) is 5.03. The molecule has 7 rings (SSSR count). The monoisotopic (exact) mass is 868 g/mol. The maximum absolute atomic E-state index is 13.7. The predicted octanol–water partition coefficient (Wildman–Crippen LogP) is 6.12. The Bertz CT molecular complexity index is 2120. The zero-order chi connectivity index (χ0) is 42.9. The van der Waals surface area contributed by atoms with Crippen molar-refractivity contribution in [1.29, 1.82) is 0 Å². The minimum Gasteiger partial charge on any atom is -0.494 e. The molecular formula is C45H58ClN10O4P. The Hall–Kier alpha value is -5.17. The number of benzene rings is 3. The molecule has 61 heavy (non-hydrogen) atoms. The molecule has 3 N–H and O–H groups in total. The lowest BCUT2D eigenvalue weighted by Crippen LogP contribution is -2.55. The summed E-state index contributed by atoms with van der Waals surface area (Å²) in [5, 5.41) is 10.6. The molecule has 0 unspecified atom stereocenters. The van der Waals surface area contributed by atoms with E-state index in [1.165, 1.54) is 5.30 Å². The van der Waals surface area contributed by atoms with E-state index in [1.54, 1.807) is 13.3 Å². The zero-order valence-corrected chi connectivity index (χ0v) is 37.3. The molecule has 0 spiro atoms. The molecule has 0 atom stereocenters. The SMILES string of the molecule is COc1cc(N2CCC(N3CCN(C(=O)C4CCN(c5ccc(N(C)CCC(=O)NC=O)cc5)CC4)CC3)CC2)ccc1Nc1ncc(Cl)c(Nc2ccccc2P(C)C)n1. The Balaban J connectivity index is 0.848. The van der Waals surface area contributed by atoms with Crippen molar-refractivity contribution in [2.75, 3.05) is 112 Å². The zero-order valence-electron chi connectivity index (χ0n) is 35.6. The number of aromatic nitrogens is 2. The van der Waals surface area contributed by atoms with Crippen LogP contribution in [0.5, 0.6) is 5.75 Å². The van der Waals surface area contributed by atoms with Gasteiger partial charge in [0.2, 0.25) is 24.2 Å². The van der Waals surface area contributed by atoms with Crippen molar-refractivity contribution in [1.82, 2.24) is 25.1 Å². The first-order valence-corrected chi connectivity index (χ1v) is 23.8. The summed E-state index contributed by atoms with van der Waals surface area (Å²) in [5.74, 6) is 1.76. The second-order valence-corrected chi connectivity index (χ2v) is 18.8. The average molecular weight is 869 g/mol. The molecule has 14 nitrogen and oxygen atoms in total. The molecule has 0 aliphatic carbocycles. The highest BCUT2D eigenvalue weighted by atomic mass is 35.5. The van der Waals surface area contributed by atoms with E-state index in [0.717, 1.165) is 106 Å². The lowest BCUT2D eigenvalue weighted by atomic mass is 9.94. The Morgan fingerprint density at radius 3 is 2.23 bits per heavy atom. The van der Waals surface area contributed by atoms with Gasteiger partial charge in [-0.2, -0.15) is 4.98 Å². The van der Waals surface area contributed by atoms with Gasteiger partial charge in [-0.15, -0.1) is 0 Å². The predicted molar refractivity (Wildman–Crippen MR) is 248 cm³/mol. The highest BCUT2D eigenvalue weighted by molar-refractivity contribution is 7.64. The van der Waals surface area contributed by atoms with Crippen LogP contribution in [-0.2, 0) is 14.4 Å². The van der Waals surface area contributed by atoms with Crippen LogP contribution < -0.4 is 40.7 Å². The number of piperazine rings is 1. The van der Waals surface area contributed by atoms with E-state index in [4.69, 9.17) is 21.3 Å². The Morgan fingerprint density at radius 2 is 1.54 bits per heavy atom. The summed E-state index contributed by atoms with van der Waals surface area (Å²) in [6.45, 7) is 12.0. The number of amides is 3. The molecule has 4 heterocycles. The normalized spacial score (nSPS) is 16.7. The summed E-state index contributed by atoms with van der Waals surface area (Å²) in [4.78, 5) is 56.4. The van der Waals surface area contributed by atoms with E-state index in [-0.39, 0.29) is 26.2 Å². The molecule has 3 saturated heterocycles. The van der Waals surface area contributed by atoms with Crippen LogP contribution in [0.1, 0.15) is 32.1 Å². The highest BCUT2D eigenvalue weighted by Gasteiger charge is 2.33. The average Bonchev–Trinajstić information content (AvgIpc) is 3.29. The maximum Gasteiger partial charge on any atom is 0.229 e. The molecule has 16 heteroatoms. The smallest absolute Gasteiger partial charge is 0.229 e. The summed E-state index contributed by atoms with van der Waals surface area (Å²) >= 11 is 6.53. The van der Waals surface area contributed by atoms with Crippen LogP contribution in [0.15, 0.2) is 72.9 Å². The molecule has 324 valence electrons. The van der Waals surface area contributed by atoms with Gasteiger partial charge < -0.3 is 35.0 Å². The van der Waals surface area contributed by atoms with Crippen molar-refractivity contribution in [3.05, 3.63) is 77.9 Å². The molecule has 3 fully saturated rings. The van der Waals surface area contributed by atoms with Crippen molar-refractivity contribution in [2.45, 2.75) is 38.1 Å². The topological polar surface area (TPSA) is 139 Å². The van der Waals surface area contributed by atoms with Gasteiger partial charge in [0.05, 0.1) is 19.0 Å². The number of carbonyl (C=O) groups is 3. The number of methoxy groups -OCH3 is 1. The fourth-order valence-electron chi connectivity index (χ4n) is 8.61. The van der Waals surface area contributed by atoms with Crippen LogP contribution in [0, 0.1) is 5.92 Å². The number of nitrogens with zero attached hydrogens (tertiary/aromatic N) is 7. The minimum atomic E-state index is -0.320. The van der Waals surface area contributed by atoms with Gasteiger partial charge in [-0.3, -0.25) is 24.6 Å². The van der Waals surface area contributed by atoms with Gasteiger partial charge >= 0.3 is 0 Å². The Morgan fingerprint density at radius 1 is 0.869 bits per heavy atom. The maximum atomic E-state index is 13.7. The number of halogens is 1. The number of imide groups is 1. The van der Waals surface area contributed by atoms with E-state index < -0.39 is 0 Å². The molecular weight excluding hydrogens is 811 g/mol. The third kappa shape index (κ3) is 11.0. The van der Waals surface area contributed by atoms with Gasteiger partial charge in [-0.1, -0.05) is 37.7 Å². The molecule has 1 aromatic heterocycles. The van der Waals surface area contributed by atoms with Crippen LogP contribution in [0.4, 0.5) is 40.2 Å². The van der Waals surface area contributed by atoms with Gasteiger partial charge in [-0.05, 0) is 86.8 Å². The van der Waals surface area contributed by atoms with Crippen molar-refractivity contribution in [3.63, 3.8) is 0 Å². The van der Waals surface area contributed by atoms with E-state index in [0.29, 0.717) is 47.4 Å². The Kier molecular flexibility index (Phi) is 14.8. The quantitative estimate of drug-likeness (QED) is 0.0938. The van der Waals surface area contributed by atoms with E-state index >= 15 is 0 Å². The molecule has 3 aromatic carbocycles. The Labute approximate surface area is 365 Å². The number of carbonyl (C=O) groups excluding carboxylic acids is 3. The molecule has 0 bridgehead atoms. The van der Waals surface area contributed by atoms with E-state index in [2.05, 4.69) is 96.3 Å². The minimum absolute atomic E-state index is 0.0686. The first kappa shape index (κ1) is 43.9. The van der Waals surface area contributed by atoms with Crippen molar-refractivity contribution in [3.8, 4) is 5.75 Å². The van der Waals surface area contributed by atoms with Gasteiger partial charge in [0, 0.05) is 113 Å². The van der Waals surface area contributed by atoms with Gasteiger partial charge in [-0.25, -0.2) is 4.98 Å². The van der Waals surface area contributed by atoms with E-state index in [1.807, 2.05) is 36.2 Å². The number of para-hydroxylation sites is 1. The van der Waals surface area contributed by atoms with Crippen molar-refractivity contribution in [2.24, 2.45) is 5.92 Å². The van der Waals surface area contributed by atoms with Crippen LogP contribution >= 0.6 is 19.5 Å². The van der Waals surface area contributed by atoms with Crippen LogP contribution in [0.25, 0.3) is 0 Å². The summed E-state index contributed by atoms with van der Waals surface area (Å²) in [6.07, 6.45) is 6.12. The fraction of sp³-hybridized carbons (Fsp3) is 0.444. The second kappa shape index (κ2) is 20.6. The molecule has 3 amide bonds. The first-order valence-electron chi connectivity index (χ1n) is 21.2. The largest absolute Gasteiger partial charge is 0.494 e. The van der Waals surface area contributed by atoms with Crippen LogP contribution in [0.2, 0.25) is 5.02 Å². The highest BCUT2D eigenvalue weighted by Crippen LogP contribution is 2.35. The van der Waals surface area contributed by atoms with Crippen molar-refractivity contribution < 1.29 is 19.1 Å². The van der Waals surface area contributed by atoms with E-state index in [9.17, 15) is 14.4 Å². The molecule has 3 aliphatic heterocycles. The van der Waals surface area contributed by atoms with Gasteiger partial charge in [0.15, 0.2) is 5.82 Å². The molecule has 3 aliphatic rings. The van der Waals surface area contributed by atoms with Crippen molar-refractivity contribution >= 4 is 83.3 Å². The van der Waals surface area contributed by atoms with Gasteiger partial charge in [0.1, 0.15) is 10.8 Å². The molecule has 0 radical (unpaired) electrons.